The Bertz CT molecular complexity index is 292. The molecular formula is C13H24N2O3. The lowest BCUT2D eigenvalue weighted by molar-refractivity contribution is -0.145. The van der Waals surface area contributed by atoms with E-state index in [1.165, 1.54) is 0 Å². The minimum absolute atomic E-state index is 0.0252. The first kappa shape index (κ1) is 15.0. The van der Waals surface area contributed by atoms with Crippen LogP contribution in [0.1, 0.15) is 45.4 Å². The summed E-state index contributed by atoms with van der Waals surface area (Å²) >= 11 is 0. The Hall–Kier alpha value is -1.10. The number of nitrogens with one attached hydrogen (secondary N) is 1. The van der Waals surface area contributed by atoms with Crippen molar-refractivity contribution in [2.75, 3.05) is 6.54 Å². The van der Waals surface area contributed by atoms with Gasteiger partial charge >= 0.3 is 5.97 Å². The van der Waals surface area contributed by atoms with E-state index in [1.54, 1.807) is 0 Å². The van der Waals surface area contributed by atoms with Crippen LogP contribution in [0.3, 0.4) is 0 Å². The largest absolute Gasteiger partial charge is 0.481 e. The third-order valence-corrected chi connectivity index (χ3v) is 3.61. The third-order valence-electron chi connectivity index (χ3n) is 3.61. The van der Waals surface area contributed by atoms with Gasteiger partial charge in [-0.2, -0.15) is 0 Å². The Morgan fingerprint density at radius 1 is 1.39 bits per heavy atom. The van der Waals surface area contributed by atoms with E-state index in [4.69, 9.17) is 10.8 Å². The molecule has 3 atom stereocenters. The van der Waals surface area contributed by atoms with Crippen LogP contribution < -0.4 is 11.1 Å². The van der Waals surface area contributed by atoms with Gasteiger partial charge in [-0.15, -0.1) is 0 Å². The van der Waals surface area contributed by atoms with E-state index >= 15 is 0 Å². The SMILES string of the molecule is CC(N)CCC(=O)NCC1CCCCC1C(=O)O. The van der Waals surface area contributed by atoms with Gasteiger partial charge in [0.2, 0.25) is 5.91 Å². The van der Waals surface area contributed by atoms with E-state index in [1.807, 2.05) is 6.92 Å². The fraction of sp³-hybridized carbons (Fsp3) is 0.846. The molecule has 0 bridgehead atoms. The number of carbonyl (C=O) groups excluding carboxylic acids is 1. The highest BCUT2D eigenvalue weighted by atomic mass is 16.4. The van der Waals surface area contributed by atoms with Crippen molar-refractivity contribution in [2.24, 2.45) is 17.6 Å². The predicted octanol–water partition coefficient (Wildman–Crippen LogP) is 1.12. The van der Waals surface area contributed by atoms with Gasteiger partial charge in [0.25, 0.3) is 0 Å². The van der Waals surface area contributed by atoms with Crippen LogP contribution in [0.2, 0.25) is 0 Å². The molecule has 0 aromatic carbocycles. The molecule has 0 spiro atoms. The average molecular weight is 256 g/mol. The maximum Gasteiger partial charge on any atom is 0.306 e. The number of carboxylic acid groups (broad SMARTS) is 1. The van der Waals surface area contributed by atoms with Crippen LogP contribution in [0.15, 0.2) is 0 Å². The quantitative estimate of drug-likeness (QED) is 0.664. The molecule has 4 N–H and O–H groups in total. The predicted molar refractivity (Wildman–Crippen MR) is 69.0 cm³/mol. The zero-order chi connectivity index (χ0) is 13.5. The first-order valence-corrected chi connectivity index (χ1v) is 6.75. The highest BCUT2D eigenvalue weighted by Crippen LogP contribution is 2.29. The standard InChI is InChI=1S/C13H24N2O3/c1-9(14)6-7-12(16)15-8-10-4-2-3-5-11(10)13(17)18/h9-11H,2-8,14H2,1H3,(H,15,16)(H,17,18). The Kier molecular flexibility index (Phi) is 6.12. The molecule has 0 heterocycles. The second kappa shape index (κ2) is 7.36. The zero-order valence-corrected chi connectivity index (χ0v) is 11.0. The number of hydrogen-bond acceptors (Lipinski definition) is 3. The van der Waals surface area contributed by atoms with Crippen LogP contribution in [-0.4, -0.2) is 29.6 Å². The highest BCUT2D eigenvalue weighted by Gasteiger charge is 2.30. The van der Waals surface area contributed by atoms with Crippen LogP contribution in [0.25, 0.3) is 0 Å². The summed E-state index contributed by atoms with van der Waals surface area (Å²) in [6.07, 6.45) is 4.75. The van der Waals surface area contributed by atoms with Crippen molar-refractivity contribution in [2.45, 2.75) is 51.5 Å². The number of aliphatic carboxylic acids is 1. The van der Waals surface area contributed by atoms with E-state index in [0.29, 0.717) is 19.4 Å². The fourth-order valence-electron chi connectivity index (χ4n) is 2.47. The smallest absolute Gasteiger partial charge is 0.306 e. The topological polar surface area (TPSA) is 92.4 Å². The van der Waals surface area contributed by atoms with Crippen molar-refractivity contribution in [3.8, 4) is 0 Å². The molecule has 1 rings (SSSR count). The summed E-state index contributed by atoms with van der Waals surface area (Å²) in [5, 5.41) is 12.0. The van der Waals surface area contributed by atoms with Gasteiger partial charge in [-0.1, -0.05) is 12.8 Å². The number of carbonyl (C=O) groups is 2. The maximum atomic E-state index is 11.6. The van der Waals surface area contributed by atoms with E-state index in [-0.39, 0.29) is 23.8 Å². The second-order valence-electron chi connectivity index (χ2n) is 5.31. The molecule has 1 aliphatic carbocycles. The van der Waals surface area contributed by atoms with E-state index in [2.05, 4.69) is 5.32 Å². The Morgan fingerprint density at radius 2 is 2.06 bits per heavy atom. The summed E-state index contributed by atoms with van der Waals surface area (Å²) in [5.74, 6) is -0.977. The molecule has 5 nitrogen and oxygen atoms in total. The van der Waals surface area contributed by atoms with Crippen molar-refractivity contribution >= 4 is 11.9 Å². The van der Waals surface area contributed by atoms with Gasteiger partial charge in [-0.3, -0.25) is 9.59 Å². The summed E-state index contributed by atoms with van der Waals surface area (Å²) in [6, 6.07) is 0.0252. The van der Waals surface area contributed by atoms with E-state index in [0.717, 1.165) is 25.7 Å². The summed E-state index contributed by atoms with van der Waals surface area (Å²) < 4.78 is 0. The maximum absolute atomic E-state index is 11.6. The lowest BCUT2D eigenvalue weighted by Crippen LogP contribution is -2.37. The van der Waals surface area contributed by atoms with Crippen molar-refractivity contribution < 1.29 is 14.7 Å². The van der Waals surface area contributed by atoms with Gasteiger partial charge < -0.3 is 16.2 Å². The van der Waals surface area contributed by atoms with Crippen LogP contribution in [0.4, 0.5) is 0 Å². The molecule has 0 aromatic rings. The summed E-state index contributed by atoms with van der Waals surface area (Å²) in [5.41, 5.74) is 5.58. The van der Waals surface area contributed by atoms with Crippen molar-refractivity contribution in [1.82, 2.24) is 5.32 Å². The number of rotatable bonds is 6. The van der Waals surface area contributed by atoms with Crippen molar-refractivity contribution in [3.05, 3.63) is 0 Å². The third kappa shape index (κ3) is 5.04. The lowest BCUT2D eigenvalue weighted by Gasteiger charge is -2.28. The molecule has 1 fully saturated rings. The number of hydrogen-bond donors (Lipinski definition) is 3. The molecule has 3 unspecified atom stereocenters. The second-order valence-corrected chi connectivity index (χ2v) is 5.31. The number of nitrogens with two attached hydrogens (primary N) is 1. The van der Waals surface area contributed by atoms with Gasteiger partial charge in [-0.05, 0) is 32.1 Å². The monoisotopic (exact) mass is 256 g/mol. The molecule has 1 aliphatic rings. The summed E-state index contributed by atoms with van der Waals surface area (Å²) in [6.45, 7) is 2.35. The molecule has 1 saturated carbocycles. The van der Waals surface area contributed by atoms with E-state index < -0.39 is 5.97 Å². The zero-order valence-electron chi connectivity index (χ0n) is 11.0. The van der Waals surface area contributed by atoms with E-state index in [9.17, 15) is 9.59 Å². The fourth-order valence-corrected chi connectivity index (χ4v) is 2.47. The number of carboxylic acids is 1. The van der Waals surface area contributed by atoms with Gasteiger partial charge in [0.1, 0.15) is 0 Å². The average Bonchev–Trinajstić information content (AvgIpc) is 2.34. The molecule has 18 heavy (non-hydrogen) atoms. The molecule has 0 saturated heterocycles. The molecular weight excluding hydrogens is 232 g/mol. The van der Waals surface area contributed by atoms with Crippen LogP contribution >= 0.6 is 0 Å². The Balaban J connectivity index is 2.31. The molecule has 104 valence electrons. The first-order chi connectivity index (χ1) is 8.50. The molecule has 1 amide bonds. The van der Waals surface area contributed by atoms with Crippen LogP contribution in [0, 0.1) is 11.8 Å². The molecule has 0 radical (unpaired) electrons. The number of amides is 1. The molecule has 5 heteroatoms. The minimum Gasteiger partial charge on any atom is -0.481 e. The summed E-state index contributed by atoms with van der Waals surface area (Å²) in [7, 11) is 0. The Labute approximate surface area is 108 Å². The van der Waals surface area contributed by atoms with Gasteiger partial charge in [0.05, 0.1) is 5.92 Å². The minimum atomic E-state index is -0.732. The normalized spacial score (nSPS) is 25.4. The van der Waals surface area contributed by atoms with Crippen molar-refractivity contribution in [1.29, 1.82) is 0 Å². The van der Waals surface area contributed by atoms with Crippen LogP contribution in [-0.2, 0) is 9.59 Å². The summed E-state index contributed by atoms with van der Waals surface area (Å²) in [4.78, 5) is 22.6. The lowest BCUT2D eigenvalue weighted by atomic mass is 9.79. The highest BCUT2D eigenvalue weighted by molar-refractivity contribution is 5.76. The van der Waals surface area contributed by atoms with Crippen molar-refractivity contribution in [3.63, 3.8) is 0 Å². The molecule has 0 aliphatic heterocycles. The van der Waals surface area contributed by atoms with Gasteiger partial charge in [-0.25, -0.2) is 0 Å². The Morgan fingerprint density at radius 3 is 2.67 bits per heavy atom. The first-order valence-electron chi connectivity index (χ1n) is 6.75. The van der Waals surface area contributed by atoms with Gasteiger partial charge in [0.15, 0.2) is 0 Å². The van der Waals surface area contributed by atoms with Crippen LogP contribution in [0.5, 0.6) is 0 Å². The molecule has 0 aromatic heterocycles. The van der Waals surface area contributed by atoms with Gasteiger partial charge in [0, 0.05) is 19.0 Å².